The zero-order chi connectivity index (χ0) is 17.9. The van der Waals surface area contributed by atoms with Gasteiger partial charge in [0.05, 0.1) is 7.11 Å². The summed E-state index contributed by atoms with van der Waals surface area (Å²) >= 11 is 0. The molecule has 0 saturated carbocycles. The van der Waals surface area contributed by atoms with Gasteiger partial charge in [-0.3, -0.25) is 18.7 Å². The van der Waals surface area contributed by atoms with Gasteiger partial charge in [-0.25, -0.2) is 4.79 Å². The average Bonchev–Trinajstić information content (AvgIpc) is 2.60. The standard InChI is InChI=1S/C16H18N4O4/c1-19-14(17)13(15(22)20(2)16(19)23)18-12(21)9-8-10-6-4-5-7-11(10)24-3/h4-9H,17H2,1-3H3,(H,18,21)/b9-8+. The number of aromatic nitrogens is 2. The molecular formula is C16H18N4O4. The van der Waals surface area contributed by atoms with Crippen LogP contribution in [0.3, 0.4) is 0 Å². The van der Waals surface area contributed by atoms with Crippen molar-refractivity contribution in [3.63, 3.8) is 0 Å². The van der Waals surface area contributed by atoms with Crippen molar-refractivity contribution in [2.45, 2.75) is 0 Å². The summed E-state index contributed by atoms with van der Waals surface area (Å²) in [5, 5.41) is 2.41. The number of carbonyl (C=O) groups excluding carboxylic acids is 1. The van der Waals surface area contributed by atoms with Crippen LogP contribution in [0.4, 0.5) is 11.5 Å². The number of carbonyl (C=O) groups is 1. The van der Waals surface area contributed by atoms with Crippen molar-refractivity contribution >= 4 is 23.5 Å². The van der Waals surface area contributed by atoms with Crippen LogP contribution in [0.1, 0.15) is 5.56 Å². The minimum Gasteiger partial charge on any atom is -0.496 e. The number of amides is 1. The van der Waals surface area contributed by atoms with Gasteiger partial charge in [-0.05, 0) is 12.1 Å². The van der Waals surface area contributed by atoms with Crippen LogP contribution in [0.5, 0.6) is 5.75 Å². The number of nitrogens with two attached hydrogens (primary N) is 1. The molecule has 8 nitrogen and oxygen atoms in total. The van der Waals surface area contributed by atoms with Crippen molar-refractivity contribution < 1.29 is 9.53 Å². The highest BCUT2D eigenvalue weighted by Gasteiger charge is 2.14. The maximum Gasteiger partial charge on any atom is 0.332 e. The number of ether oxygens (including phenoxy) is 1. The molecule has 0 spiro atoms. The first-order chi connectivity index (χ1) is 11.4. The Hall–Kier alpha value is -3.29. The molecule has 1 heterocycles. The van der Waals surface area contributed by atoms with Gasteiger partial charge in [0.25, 0.3) is 5.56 Å². The monoisotopic (exact) mass is 330 g/mol. The molecule has 0 saturated heterocycles. The van der Waals surface area contributed by atoms with Crippen LogP contribution in [-0.4, -0.2) is 22.2 Å². The van der Waals surface area contributed by atoms with Crippen molar-refractivity contribution in [2.24, 2.45) is 14.1 Å². The highest BCUT2D eigenvalue weighted by atomic mass is 16.5. The molecule has 126 valence electrons. The quantitative estimate of drug-likeness (QED) is 0.785. The third kappa shape index (κ3) is 3.22. The number of methoxy groups -OCH3 is 1. The van der Waals surface area contributed by atoms with Gasteiger partial charge in [0.2, 0.25) is 5.91 Å². The Morgan fingerprint density at radius 1 is 1.21 bits per heavy atom. The second-order valence-electron chi connectivity index (χ2n) is 5.03. The van der Waals surface area contributed by atoms with Gasteiger partial charge in [0, 0.05) is 25.7 Å². The smallest absolute Gasteiger partial charge is 0.332 e. The molecule has 1 amide bonds. The molecular weight excluding hydrogens is 312 g/mol. The van der Waals surface area contributed by atoms with Crippen LogP contribution in [-0.2, 0) is 18.9 Å². The highest BCUT2D eigenvalue weighted by Crippen LogP contribution is 2.18. The average molecular weight is 330 g/mol. The van der Waals surface area contributed by atoms with Gasteiger partial charge in [0.15, 0.2) is 0 Å². The van der Waals surface area contributed by atoms with Crippen molar-refractivity contribution in [1.29, 1.82) is 0 Å². The summed E-state index contributed by atoms with van der Waals surface area (Å²) in [5.41, 5.74) is 5.07. The summed E-state index contributed by atoms with van der Waals surface area (Å²) in [5.74, 6) is -0.0513. The van der Waals surface area contributed by atoms with Gasteiger partial charge in [-0.1, -0.05) is 18.2 Å². The van der Waals surface area contributed by atoms with Crippen LogP contribution in [0.2, 0.25) is 0 Å². The third-order valence-electron chi connectivity index (χ3n) is 3.51. The molecule has 0 aliphatic carbocycles. The Kier molecular flexibility index (Phi) is 4.88. The zero-order valence-electron chi connectivity index (χ0n) is 13.6. The van der Waals surface area contributed by atoms with Crippen molar-refractivity contribution in [3.05, 3.63) is 56.7 Å². The van der Waals surface area contributed by atoms with E-state index in [2.05, 4.69) is 5.32 Å². The fourth-order valence-electron chi connectivity index (χ4n) is 2.11. The lowest BCUT2D eigenvalue weighted by Crippen LogP contribution is -2.40. The Bertz CT molecular complexity index is 925. The van der Waals surface area contributed by atoms with Crippen LogP contribution >= 0.6 is 0 Å². The summed E-state index contributed by atoms with van der Waals surface area (Å²) in [6.07, 6.45) is 2.80. The number of nitrogen functional groups attached to an aromatic ring is 1. The lowest BCUT2D eigenvalue weighted by molar-refractivity contribution is -0.111. The predicted octanol–water partition coefficient (Wildman–Crippen LogP) is 0.327. The lowest BCUT2D eigenvalue weighted by atomic mass is 10.2. The van der Waals surface area contributed by atoms with E-state index >= 15 is 0 Å². The van der Waals surface area contributed by atoms with E-state index in [-0.39, 0.29) is 11.5 Å². The van der Waals surface area contributed by atoms with E-state index in [0.717, 1.165) is 9.13 Å². The molecule has 3 N–H and O–H groups in total. The molecule has 2 aromatic rings. The van der Waals surface area contributed by atoms with Crippen LogP contribution in [0, 0.1) is 0 Å². The first kappa shape index (κ1) is 17.1. The molecule has 1 aromatic heterocycles. The third-order valence-corrected chi connectivity index (χ3v) is 3.51. The molecule has 0 fully saturated rings. The predicted molar refractivity (Wildman–Crippen MR) is 92.0 cm³/mol. The van der Waals surface area contributed by atoms with E-state index in [9.17, 15) is 14.4 Å². The number of benzene rings is 1. The van der Waals surface area contributed by atoms with Gasteiger partial charge in [-0.15, -0.1) is 0 Å². The number of hydrogen-bond acceptors (Lipinski definition) is 5. The lowest BCUT2D eigenvalue weighted by Gasteiger charge is -2.11. The number of para-hydroxylation sites is 1. The van der Waals surface area contributed by atoms with Crippen LogP contribution in [0.15, 0.2) is 39.9 Å². The first-order valence-electron chi connectivity index (χ1n) is 7.04. The van der Waals surface area contributed by atoms with E-state index in [0.29, 0.717) is 11.3 Å². The molecule has 0 bridgehead atoms. The molecule has 8 heteroatoms. The maximum absolute atomic E-state index is 12.1. The largest absolute Gasteiger partial charge is 0.496 e. The molecule has 24 heavy (non-hydrogen) atoms. The summed E-state index contributed by atoms with van der Waals surface area (Å²) in [6, 6.07) is 7.16. The number of rotatable bonds is 4. The van der Waals surface area contributed by atoms with Gasteiger partial charge < -0.3 is 15.8 Å². The molecule has 0 aliphatic rings. The van der Waals surface area contributed by atoms with Crippen molar-refractivity contribution in [2.75, 3.05) is 18.2 Å². The summed E-state index contributed by atoms with van der Waals surface area (Å²) in [7, 11) is 4.25. The number of hydrogen-bond donors (Lipinski definition) is 2. The van der Waals surface area contributed by atoms with E-state index in [1.54, 1.807) is 24.3 Å². The van der Waals surface area contributed by atoms with E-state index in [4.69, 9.17) is 10.5 Å². The molecule has 0 aliphatic heterocycles. The van der Waals surface area contributed by atoms with Crippen LogP contribution in [0.25, 0.3) is 6.08 Å². The van der Waals surface area contributed by atoms with Gasteiger partial charge in [-0.2, -0.15) is 0 Å². The minimum atomic E-state index is -0.672. The Morgan fingerprint density at radius 3 is 2.54 bits per heavy atom. The normalized spacial score (nSPS) is 10.8. The maximum atomic E-state index is 12.1. The Balaban J connectivity index is 2.30. The minimum absolute atomic E-state index is 0.109. The molecule has 0 radical (unpaired) electrons. The van der Waals surface area contributed by atoms with Crippen molar-refractivity contribution in [3.8, 4) is 5.75 Å². The zero-order valence-corrected chi connectivity index (χ0v) is 13.6. The number of nitrogens with one attached hydrogen (secondary N) is 1. The fraction of sp³-hybridized carbons (Fsp3) is 0.188. The van der Waals surface area contributed by atoms with E-state index < -0.39 is 17.2 Å². The number of nitrogens with zero attached hydrogens (tertiary/aromatic N) is 2. The van der Waals surface area contributed by atoms with E-state index in [1.165, 1.54) is 27.3 Å². The van der Waals surface area contributed by atoms with E-state index in [1.807, 2.05) is 6.07 Å². The summed E-state index contributed by atoms with van der Waals surface area (Å²) in [6.45, 7) is 0. The molecule has 2 rings (SSSR count). The van der Waals surface area contributed by atoms with Gasteiger partial charge >= 0.3 is 5.69 Å². The Labute approximate surface area is 137 Å². The fourth-order valence-corrected chi connectivity index (χ4v) is 2.11. The summed E-state index contributed by atoms with van der Waals surface area (Å²) < 4.78 is 7.14. The molecule has 1 aromatic carbocycles. The SMILES string of the molecule is COc1ccccc1/C=C/C(=O)Nc1c(N)n(C)c(=O)n(C)c1=O. The second kappa shape index (κ2) is 6.86. The van der Waals surface area contributed by atoms with Crippen molar-refractivity contribution in [1.82, 2.24) is 9.13 Å². The highest BCUT2D eigenvalue weighted by molar-refractivity contribution is 6.03. The Morgan fingerprint density at radius 2 is 1.88 bits per heavy atom. The molecule has 0 atom stereocenters. The summed E-state index contributed by atoms with van der Waals surface area (Å²) in [4.78, 5) is 35.9. The number of anilines is 2. The first-order valence-corrected chi connectivity index (χ1v) is 7.04. The topological polar surface area (TPSA) is 108 Å². The van der Waals surface area contributed by atoms with Gasteiger partial charge in [0.1, 0.15) is 17.3 Å². The second-order valence-corrected chi connectivity index (χ2v) is 5.03. The molecule has 0 unspecified atom stereocenters. The van der Waals surface area contributed by atoms with Crippen LogP contribution < -0.4 is 27.0 Å².